The molecule has 2 rings (SSSR count). The zero-order valence-corrected chi connectivity index (χ0v) is 14.2. The number of nitrogens with one attached hydrogen (secondary N) is 2. The summed E-state index contributed by atoms with van der Waals surface area (Å²) in [6.45, 7) is 3.78. The van der Waals surface area contributed by atoms with Gasteiger partial charge < -0.3 is 10.4 Å². The lowest BCUT2D eigenvalue weighted by Crippen LogP contribution is -2.52. The molecule has 1 aliphatic heterocycles. The van der Waals surface area contributed by atoms with Gasteiger partial charge in [0.1, 0.15) is 4.90 Å². The van der Waals surface area contributed by atoms with E-state index in [1.165, 1.54) is 12.4 Å². The van der Waals surface area contributed by atoms with Gasteiger partial charge in [-0.2, -0.15) is 5.10 Å². The van der Waals surface area contributed by atoms with Gasteiger partial charge in [-0.1, -0.05) is 6.92 Å². The lowest BCUT2D eigenvalue weighted by atomic mass is 10.1. The number of nitrogens with zero attached hydrogens (tertiary/aromatic N) is 2. The molecule has 0 unspecified atom stereocenters. The summed E-state index contributed by atoms with van der Waals surface area (Å²) < 4.78 is 28.5. The average Bonchev–Trinajstić information content (AvgIpc) is 2.82. The van der Waals surface area contributed by atoms with Gasteiger partial charge in [-0.3, -0.25) is 4.68 Å². The SMILES string of the molecule is CCCn1cc(S(=O)(=O)N[C@@H]2CCNC[C@H]2O)cn1.Cl.Cl. The van der Waals surface area contributed by atoms with E-state index in [1.54, 1.807) is 4.68 Å². The number of hydrogen-bond acceptors (Lipinski definition) is 5. The number of aromatic nitrogens is 2. The van der Waals surface area contributed by atoms with Crippen LogP contribution in [0.15, 0.2) is 17.3 Å². The van der Waals surface area contributed by atoms with E-state index in [4.69, 9.17) is 0 Å². The largest absolute Gasteiger partial charge is 0.390 e. The summed E-state index contributed by atoms with van der Waals surface area (Å²) in [6, 6.07) is -0.444. The smallest absolute Gasteiger partial charge is 0.244 e. The van der Waals surface area contributed by atoms with E-state index < -0.39 is 22.2 Å². The highest BCUT2D eigenvalue weighted by molar-refractivity contribution is 7.89. The van der Waals surface area contributed by atoms with Crippen molar-refractivity contribution >= 4 is 34.8 Å². The van der Waals surface area contributed by atoms with Gasteiger partial charge in [0.2, 0.25) is 10.0 Å². The fourth-order valence-corrected chi connectivity index (χ4v) is 3.34. The van der Waals surface area contributed by atoms with Crippen LogP contribution in [0.5, 0.6) is 0 Å². The topological polar surface area (TPSA) is 96.2 Å². The van der Waals surface area contributed by atoms with Crippen LogP contribution in [0, 0.1) is 0 Å². The number of halogens is 2. The maximum absolute atomic E-state index is 12.2. The van der Waals surface area contributed by atoms with E-state index in [9.17, 15) is 13.5 Å². The highest BCUT2D eigenvalue weighted by Crippen LogP contribution is 2.12. The van der Waals surface area contributed by atoms with Gasteiger partial charge in [-0.15, -0.1) is 24.8 Å². The van der Waals surface area contributed by atoms with Crippen molar-refractivity contribution < 1.29 is 13.5 Å². The fourth-order valence-electron chi connectivity index (χ4n) is 2.08. The molecule has 0 bridgehead atoms. The third kappa shape index (κ3) is 5.39. The molecule has 1 saturated heterocycles. The summed E-state index contributed by atoms with van der Waals surface area (Å²) in [6.07, 6.45) is 3.62. The number of aliphatic hydroxyl groups is 1. The van der Waals surface area contributed by atoms with Crippen LogP contribution in [0.3, 0.4) is 0 Å². The van der Waals surface area contributed by atoms with Gasteiger partial charge in [0.05, 0.1) is 18.3 Å². The van der Waals surface area contributed by atoms with Gasteiger partial charge in [-0.05, 0) is 19.4 Å². The number of β-amino-alcohol motifs (C(OH)–C–C–N with tert-alkyl or cyclic N) is 1. The number of sulfonamides is 1. The number of hydrogen-bond donors (Lipinski definition) is 3. The van der Waals surface area contributed by atoms with E-state index in [-0.39, 0.29) is 29.7 Å². The molecule has 2 atom stereocenters. The van der Waals surface area contributed by atoms with Crippen LogP contribution >= 0.6 is 24.8 Å². The predicted octanol–water partition coefficient (Wildman–Crippen LogP) is 0.138. The van der Waals surface area contributed by atoms with Crippen molar-refractivity contribution in [2.75, 3.05) is 13.1 Å². The molecule has 1 aliphatic rings. The van der Waals surface area contributed by atoms with Crippen LogP contribution in [-0.2, 0) is 16.6 Å². The third-order valence-electron chi connectivity index (χ3n) is 3.13. The molecule has 0 radical (unpaired) electrons. The Morgan fingerprint density at radius 3 is 2.86 bits per heavy atom. The second-order valence-corrected chi connectivity index (χ2v) is 6.44. The van der Waals surface area contributed by atoms with Crippen molar-refractivity contribution in [1.29, 1.82) is 0 Å². The zero-order valence-electron chi connectivity index (χ0n) is 11.7. The van der Waals surface area contributed by atoms with Crippen LogP contribution < -0.4 is 10.0 Å². The minimum atomic E-state index is -3.61. The molecule has 1 aromatic heterocycles. The van der Waals surface area contributed by atoms with Crippen LogP contribution in [0.1, 0.15) is 19.8 Å². The first kappa shape index (κ1) is 20.6. The Bertz CT molecular complexity index is 523. The van der Waals surface area contributed by atoms with Crippen LogP contribution in [0.2, 0.25) is 0 Å². The van der Waals surface area contributed by atoms with Gasteiger partial charge in [0, 0.05) is 19.3 Å². The van der Waals surface area contributed by atoms with E-state index in [0.29, 0.717) is 26.1 Å². The molecular formula is C11H22Cl2N4O3S. The molecule has 3 N–H and O–H groups in total. The molecule has 10 heteroatoms. The Labute approximate surface area is 137 Å². The maximum atomic E-state index is 12.2. The first-order valence-electron chi connectivity index (χ1n) is 6.46. The summed E-state index contributed by atoms with van der Waals surface area (Å²) in [5, 5.41) is 16.8. The highest BCUT2D eigenvalue weighted by Gasteiger charge is 2.28. The minimum absolute atomic E-state index is 0. The number of rotatable bonds is 5. The van der Waals surface area contributed by atoms with E-state index in [2.05, 4.69) is 15.1 Å². The first-order chi connectivity index (χ1) is 9.03. The van der Waals surface area contributed by atoms with Crippen molar-refractivity contribution in [3.63, 3.8) is 0 Å². The van der Waals surface area contributed by atoms with Crippen molar-refractivity contribution in [2.45, 2.75) is 43.4 Å². The Morgan fingerprint density at radius 1 is 1.52 bits per heavy atom. The average molecular weight is 361 g/mol. The molecule has 124 valence electrons. The van der Waals surface area contributed by atoms with Crippen molar-refractivity contribution in [2.24, 2.45) is 0 Å². The Morgan fingerprint density at radius 2 is 2.24 bits per heavy atom. The first-order valence-corrected chi connectivity index (χ1v) is 7.95. The van der Waals surface area contributed by atoms with Gasteiger partial charge in [0.25, 0.3) is 0 Å². The fraction of sp³-hybridized carbons (Fsp3) is 0.727. The molecule has 21 heavy (non-hydrogen) atoms. The molecule has 0 amide bonds. The molecule has 2 heterocycles. The summed E-state index contributed by atoms with van der Waals surface area (Å²) in [5.41, 5.74) is 0. The summed E-state index contributed by atoms with van der Waals surface area (Å²) >= 11 is 0. The molecule has 7 nitrogen and oxygen atoms in total. The Balaban J connectivity index is 0.00000200. The highest BCUT2D eigenvalue weighted by atomic mass is 35.5. The van der Waals surface area contributed by atoms with E-state index in [0.717, 1.165) is 6.42 Å². The molecule has 0 saturated carbocycles. The lowest BCUT2D eigenvalue weighted by Gasteiger charge is -2.28. The van der Waals surface area contributed by atoms with Crippen molar-refractivity contribution in [3.8, 4) is 0 Å². The zero-order chi connectivity index (χ0) is 13.9. The van der Waals surface area contributed by atoms with E-state index >= 15 is 0 Å². The van der Waals surface area contributed by atoms with Crippen molar-refractivity contribution in [1.82, 2.24) is 19.8 Å². The van der Waals surface area contributed by atoms with Gasteiger partial charge in [-0.25, -0.2) is 13.1 Å². The Kier molecular flexibility index (Phi) is 8.76. The maximum Gasteiger partial charge on any atom is 0.244 e. The molecule has 0 spiro atoms. The number of aliphatic hydroxyl groups excluding tert-OH is 1. The lowest BCUT2D eigenvalue weighted by molar-refractivity contribution is 0.113. The second-order valence-electron chi connectivity index (χ2n) is 4.73. The molecule has 1 fully saturated rings. The number of piperidine rings is 1. The van der Waals surface area contributed by atoms with Crippen LogP contribution in [-0.4, -0.2) is 48.5 Å². The quantitative estimate of drug-likeness (QED) is 0.693. The molecule has 0 aromatic carbocycles. The minimum Gasteiger partial charge on any atom is -0.390 e. The molecular weight excluding hydrogens is 339 g/mol. The summed E-state index contributed by atoms with van der Waals surface area (Å²) in [4.78, 5) is 0.145. The van der Waals surface area contributed by atoms with E-state index in [1.807, 2.05) is 6.92 Å². The molecule has 0 aliphatic carbocycles. The second kappa shape index (κ2) is 8.92. The monoisotopic (exact) mass is 360 g/mol. The van der Waals surface area contributed by atoms with Crippen molar-refractivity contribution in [3.05, 3.63) is 12.4 Å². The molecule has 1 aromatic rings. The Hall–Kier alpha value is -0.380. The van der Waals surface area contributed by atoms with Gasteiger partial charge >= 0.3 is 0 Å². The van der Waals surface area contributed by atoms with Crippen LogP contribution in [0.4, 0.5) is 0 Å². The normalized spacial score (nSPS) is 22.2. The van der Waals surface area contributed by atoms with Gasteiger partial charge in [0.15, 0.2) is 0 Å². The summed E-state index contributed by atoms with van der Waals surface area (Å²) in [7, 11) is -3.61. The standard InChI is InChI=1S/C11H20N4O3S.2ClH/c1-2-5-15-8-9(6-13-15)19(17,18)14-10-3-4-12-7-11(10)16;;/h6,8,10-12,14,16H,2-5,7H2,1H3;2*1H/t10-,11-;;/m1../s1. The summed E-state index contributed by atoms with van der Waals surface area (Å²) in [5.74, 6) is 0. The predicted molar refractivity (Wildman–Crippen MR) is 84.6 cm³/mol. The third-order valence-corrected chi connectivity index (χ3v) is 4.57. The number of aryl methyl sites for hydroxylation is 1. The van der Waals surface area contributed by atoms with Crippen LogP contribution in [0.25, 0.3) is 0 Å².